The van der Waals surface area contributed by atoms with Crippen LogP contribution in [0.25, 0.3) is 0 Å². The molecule has 7 heteroatoms. The Hall–Kier alpha value is -3.61. The molecule has 2 heterocycles. The third kappa shape index (κ3) is 4.82. The number of amides is 1. The van der Waals surface area contributed by atoms with Gasteiger partial charge in [0.1, 0.15) is 5.76 Å². The average molecular weight is 394 g/mol. The van der Waals surface area contributed by atoms with Gasteiger partial charge >= 0.3 is 5.97 Å². The molecule has 0 fully saturated rings. The fraction of sp³-hybridized carbons (Fsp3) is 0.227. The molecule has 0 atom stereocenters. The summed E-state index contributed by atoms with van der Waals surface area (Å²) in [5, 5.41) is 2.63. The molecule has 1 aromatic carbocycles. The molecule has 150 valence electrons. The van der Waals surface area contributed by atoms with Crippen molar-refractivity contribution in [3.63, 3.8) is 0 Å². The van der Waals surface area contributed by atoms with Crippen LogP contribution in [-0.2, 0) is 16.1 Å². The Morgan fingerprint density at radius 2 is 1.83 bits per heavy atom. The van der Waals surface area contributed by atoms with E-state index in [0.29, 0.717) is 23.4 Å². The second kappa shape index (κ2) is 8.60. The monoisotopic (exact) mass is 394 g/mol. The predicted octanol–water partition coefficient (Wildman–Crippen LogP) is 3.74. The summed E-state index contributed by atoms with van der Waals surface area (Å²) in [6, 6.07) is 11.8. The number of Topliss-reactive ketones (excluding diaryl/α,β-unsaturated/α-hetero) is 1. The van der Waals surface area contributed by atoms with Gasteiger partial charge in [0.2, 0.25) is 5.91 Å². The molecule has 29 heavy (non-hydrogen) atoms. The summed E-state index contributed by atoms with van der Waals surface area (Å²) < 4.78 is 12.6. The number of furan rings is 1. The molecule has 0 aliphatic carbocycles. The van der Waals surface area contributed by atoms with E-state index in [1.54, 1.807) is 36.6 Å². The van der Waals surface area contributed by atoms with Gasteiger partial charge in [-0.2, -0.15) is 0 Å². The second-order valence-electron chi connectivity index (χ2n) is 6.71. The SMILES string of the molecule is CC(=O)Nc1ccc(C(=O)COC(=O)c2cc(C)n(Cc3ccco3)c2C)cc1. The lowest BCUT2D eigenvalue weighted by molar-refractivity contribution is -0.114. The smallest absolute Gasteiger partial charge is 0.340 e. The first-order chi connectivity index (χ1) is 13.8. The summed E-state index contributed by atoms with van der Waals surface area (Å²) in [4.78, 5) is 35.8. The van der Waals surface area contributed by atoms with Crippen LogP contribution in [-0.4, -0.2) is 28.8 Å². The van der Waals surface area contributed by atoms with Crippen LogP contribution in [0.2, 0.25) is 0 Å². The highest BCUT2D eigenvalue weighted by Crippen LogP contribution is 2.19. The lowest BCUT2D eigenvalue weighted by atomic mass is 10.1. The number of carbonyl (C=O) groups is 3. The third-order valence-electron chi connectivity index (χ3n) is 4.55. The molecular weight excluding hydrogens is 372 g/mol. The number of aryl methyl sites for hydroxylation is 1. The Morgan fingerprint density at radius 1 is 1.10 bits per heavy atom. The van der Waals surface area contributed by atoms with Gasteiger partial charge in [-0.25, -0.2) is 4.79 Å². The molecule has 0 unspecified atom stereocenters. The molecule has 0 saturated carbocycles. The van der Waals surface area contributed by atoms with Crippen LogP contribution in [0.5, 0.6) is 0 Å². The van der Waals surface area contributed by atoms with Gasteiger partial charge in [-0.3, -0.25) is 9.59 Å². The Morgan fingerprint density at radius 3 is 2.45 bits per heavy atom. The quantitative estimate of drug-likeness (QED) is 0.487. The van der Waals surface area contributed by atoms with Gasteiger partial charge in [0, 0.05) is 29.6 Å². The number of nitrogens with one attached hydrogen (secondary N) is 1. The molecule has 1 N–H and O–H groups in total. The van der Waals surface area contributed by atoms with Gasteiger partial charge < -0.3 is 19.0 Å². The molecule has 1 amide bonds. The number of hydrogen-bond acceptors (Lipinski definition) is 5. The normalized spacial score (nSPS) is 10.6. The lowest BCUT2D eigenvalue weighted by Gasteiger charge is -2.08. The summed E-state index contributed by atoms with van der Waals surface area (Å²) in [7, 11) is 0. The summed E-state index contributed by atoms with van der Waals surface area (Å²) in [6.45, 7) is 5.28. The van der Waals surface area contributed by atoms with Gasteiger partial charge in [-0.15, -0.1) is 0 Å². The maximum atomic E-state index is 12.5. The zero-order valence-corrected chi connectivity index (χ0v) is 16.5. The summed E-state index contributed by atoms with van der Waals surface area (Å²) in [6.07, 6.45) is 1.60. The molecule has 3 aromatic rings. The van der Waals surface area contributed by atoms with E-state index < -0.39 is 5.97 Å². The highest BCUT2D eigenvalue weighted by Gasteiger charge is 2.19. The number of anilines is 1. The molecule has 3 rings (SSSR count). The van der Waals surface area contributed by atoms with Crippen molar-refractivity contribution in [1.82, 2.24) is 4.57 Å². The fourth-order valence-electron chi connectivity index (χ4n) is 3.04. The van der Waals surface area contributed by atoms with Crippen LogP contribution in [0.15, 0.2) is 53.1 Å². The number of ether oxygens (including phenoxy) is 1. The van der Waals surface area contributed by atoms with Crippen molar-refractivity contribution < 1.29 is 23.5 Å². The van der Waals surface area contributed by atoms with Gasteiger partial charge in [0.25, 0.3) is 0 Å². The lowest BCUT2D eigenvalue weighted by Crippen LogP contribution is -2.15. The van der Waals surface area contributed by atoms with Gasteiger partial charge in [-0.05, 0) is 56.3 Å². The molecular formula is C22H22N2O5. The molecule has 2 aromatic heterocycles. The maximum Gasteiger partial charge on any atom is 0.340 e. The minimum absolute atomic E-state index is 0.192. The van der Waals surface area contributed by atoms with Crippen molar-refractivity contribution in [1.29, 1.82) is 0 Å². The van der Waals surface area contributed by atoms with Crippen molar-refractivity contribution in [3.05, 3.63) is 77.0 Å². The van der Waals surface area contributed by atoms with Crippen LogP contribution < -0.4 is 5.32 Å². The zero-order valence-electron chi connectivity index (χ0n) is 16.5. The number of esters is 1. The Labute approximate surface area is 168 Å². The van der Waals surface area contributed by atoms with Crippen LogP contribution >= 0.6 is 0 Å². The topological polar surface area (TPSA) is 90.5 Å². The maximum absolute atomic E-state index is 12.5. The zero-order chi connectivity index (χ0) is 21.0. The highest BCUT2D eigenvalue weighted by molar-refractivity contribution is 6.00. The van der Waals surface area contributed by atoms with Gasteiger partial charge in [0.15, 0.2) is 12.4 Å². The van der Waals surface area contributed by atoms with E-state index >= 15 is 0 Å². The van der Waals surface area contributed by atoms with E-state index in [2.05, 4.69) is 5.32 Å². The van der Waals surface area contributed by atoms with Crippen molar-refractivity contribution >= 4 is 23.3 Å². The van der Waals surface area contributed by atoms with Gasteiger partial charge in [-0.1, -0.05) is 0 Å². The molecule has 7 nitrogen and oxygen atoms in total. The number of nitrogens with zero attached hydrogens (tertiary/aromatic N) is 1. The van der Waals surface area contributed by atoms with Crippen LogP contribution in [0.1, 0.15) is 44.8 Å². The van der Waals surface area contributed by atoms with E-state index in [0.717, 1.165) is 17.1 Å². The molecule has 0 radical (unpaired) electrons. The standard InChI is InChI=1S/C22H22N2O5/c1-14-11-20(15(2)24(14)12-19-5-4-10-28-19)22(27)29-13-21(26)17-6-8-18(9-7-17)23-16(3)25/h4-11H,12-13H2,1-3H3,(H,23,25). The average Bonchev–Trinajstić information content (AvgIpc) is 3.30. The number of aromatic nitrogens is 1. The van der Waals surface area contributed by atoms with E-state index in [9.17, 15) is 14.4 Å². The molecule has 0 aliphatic heterocycles. The highest BCUT2D eigenvalue weighted by atomic mass is 16.5. The first kappa shape index (κ1) is 20.1. The molecule has 0 bridgehead atoms. The minimum atomic E-state index is -0.549. The summed E-state index contributed by atoms with van der Waals surface area (Å²) in [5.74, 6) is -0.281. The Bertz CT molecular complexity index is 1030. The Kier molecular flexibility index (Phi) is 5.97. The second-order valence-corrected chi connectivity index (χ2v) is 6.71. The summed E-state index contributed by atoms with van der Waals surface area (Å²) >= 11 is 0. The minimum Gasteiger partial charge on any atom is -0.467 e. The van der Waals surface area contributed by atoms with E-state index in [1.165, 1.54) is 6.92 Å². The molecule has 0 aliphatic rings. The summed E-state index contributed by atoms with van der Waals surface area (Å²) in [5.41, 5.74) is 3.05. The van der Waals surface area contributed by atoms with Crippen molar-refractivity contribution in [3.8, 4) is 0 Å². The van der Waals surface area contributed by atoms with E-state index in [-0.39, 0.29) is 18.3 Å². The van der Waals surface area contributed by atoms with E-state index in [4.69, 9.17) is 9.15 Å². The van der Waals surface area contributed by atoms with Crippen molar-refractivity contribution in [2.24, 2.45) is 0 Å². The molecule has 0 spiro atoms. The number of hydrogen-bond donors (Lipinski definition) is 1. The predicted molar refractivity (Wildman–Crippen MR) is 107 cm³/mol. The largest absolute Gasteiger partial charge is 0.467 e. The molecule has 0 saturated heterocycles. The number of carbonyl (C=O) groups excluding carboxylic acids is 3. The van der Waals surface area contributed by atoms with Crippen molar-refractivity contribution in [2.45, 2.75) is 27.3 Å². The Balaban J connectivity index is 1.63. The van der Waals surface area contributed by atoms with Gasteiger partial charge in [0.05, 0.1) is 18.4 Å². The first-order valence-electron chi connectivity index (χ1n) is 9.12. The van der Waals surface area contributed by atoms with E-state index in [1.807, 2.05) is 30.5 Å². The third-order valence-corrected chi connectivity index (χ3v) is 4.55. The van der Waals surface area contributed by atoms with Crippen LogP contribution in [0.3, 0.4) is 0 Å². The first-order valence-corrected chi connectivity index (χ1v) is 9.12. The number of rotatable bonds is 7. The number of ketones is 1. The fourth-order valence-corrected chi connectivity index (χ4v) is 3.04. The van der Waals surface area contributed by atoms with Crippen molar-refractivity contribution in [2.75, 3.05) is 11.9 Å². The van der Waals surface area contributed by atoms with Crippen LogP contribution in [0.4, 0.5) is 5.69 Å². The number of benzene rings is 1. The van der Waals surface area contributed by atoms with Crippen LogP contribution in [0, 0.1) is 13.8 Å².